The molecule has 0 aromatic heterocycles. The molecule has 1 saturated heterocycles. The second kappa shape index (κ2) is 10.3. The minimum Gasteiger partial charge on any atom is -0.466 e. The summed E-state index contributed by atoms with van der Waals surface area (Å²) in [5, 5.41) is 5.91. The Morgan fingerprint density at radius 3 is 2.81 bits per heavy atom. The van der Waals surface area contributed by atoms with Crippen molar-refractivity contribution in [2.24, 2.45) is 5.92 Å². The lowest BCUT2D eigenvalue weighted by Crippen LogP contribution is -2.45. The third-order valence-corrected chi connectivity index (χ3v) is 4.89. The van der Waals surface area contributed by atoms with E-state index in [1.807, 2.05) is 11.8 Å². The number of benzene rings is 1. The van der Waals surface area contributed by atoms with Crippen LogP contribution in [0, 0.1) is 12.8 Å². The van der Waals surface area contributed by atoms with Gasteiger partial charge in [-0.3, -0.25) is 19.3 Å². The Morgan fingerprint density at radius 2 is 2.07 bits per heavy atom. The SMILES string of the molecule is CCOC(=O)C1CCCN(CC(=O)NCC(=O)Nc2cccc(Cl)c2C)C1. The van der Waals surface area contributed by atoms with Gasteiger partial charge in [-0.05, 0) is 50.9 Å². The Hall–Kier alpha value is -2.12. The molecule has 1 aromatic rings. The molecule has 1 unspecified atom stereocenters. The van der Waals surface area contributed by atoms with E-state index in [-0.39, 0.29) is 36.8 Å². The van der Waals surface area contributed by atoms with Gasteiger partial charge in [-0.2, -0.15) is 0 Å². The Labute approximate surface area is 164 Å². The number of ether oxygens (including phenoxy) is 1. The van der Waals surface area contributed by atoms with E-state index in [4.69, 9.17) is 16.3 Å². The Morgan fingerprint density at radius 1 is 1.30 bits per heavy atom. The van der Waals surface area contributed by atoms with Crippen molar-refractivity contribution in [2.45, 2.75) is 26.7 Å². The molecular formula is C19H26ClN3O4. The van der Waals surface area contributed by atoms with Crippen LogP contribution in [0.5, 0.6) is 0 Å². The molecule has 0 saturated carbocycles. The van der Waals surface area contributed by atoms with E-state index in [0.29, 0.717) is 23.9 Å². The number of esters is 1. The number of carbonyl (C=O) groups excluding carboxylic acids is 3. The summed E-state index contributed by atoms with van der Waals surface area (Å²) in [7, 11) is 0. The largest absolute Gasteiger partial charge is 0.466 e. The van der Waals surface area contributed by atoms with E-state index in [2.05, 4.69) is 10.6 Å². The predicted octanol–water partition coefficient (Wildman–Crippen LogP) is 1.98. The van der Waals surface area contributed by atoms with Gasteiger partial charge >= 0.3 is 5.97 Å². The van der Waals surface area contributed by atoms with Crippen molar-refractivity contribution in [3.05, 3.63) is 28.8 Å². The summed E-state index contributed by atoms with van der Waals surface area (Å²) in [6.45, 7) is 5.22. The molecule has 8 heteroatoms. The molecule has 2 amide bonds. The summed E-state index contributed by atoms with van der Waals surface area (Å²) in [5.74, 6) is -0.978. The molecule has 7 nitrogen and oxygen atoms in total. The first-order valence-corrected chi connectivity index (χ1v) is 9.49. The van der Waals surface area contributed by atoms with Crippen molar-refractivity contribution in [3.8, 4) is 0 Å². The van der Waals surface area contributed by atoms with Gasteiger partial charge < -0.3 is 15.4 Å². The smallest absolute Gasteiger partial charge is 0.310 e. The maximum Gasteiger partial charge on any atom is 0.310 e. The highest BCUT2D eigenvalue weighted by molar-refractivity contribution is 6.31. The van der Waals surface area contributed by atoms with Gasteiger partial charge in [0.25, 0.3) is 0 Å². The topological polar surface area (TPSA) is 87.7 Å². The van der Waals surface area contributed by atoms with Crippen LogP contribution in [0.15, 0.2) is 18.2 Å². The number of amides is 2. The minimum absolute atomic E-state index is 0.125. The van der Waals surface area contributed by atoms with Crippen molar-refractivity contribution in [3.63, 3.8) is 0 Å². The van der Waals surface area contributed by atoms with Crippen LogP contribution in [0.2, 0.25) is 5.02 Å². The maximum absolute atomic E-state index is 12.1. The van der Waals surface area contributed by atoms with Crippen molar-refractivity contribution < 1.29 is 19.1 Å². The van der Waals surface area contributed by atoms with Crippen LogP contribution < -0.4 is 10.6 Å². The highest BCUT2D eigenvalue weighted by atomic mass is 35.5. The zero-order valence-electron chi connectivity index (χ0n) is 15.7. The summed E-state index contributed by atoms with van der Waals surface area (Å²) in [6, 6.07) is 5.25. The standard InChI is InChI=1S/C19H26ClN3O4/c1-3-27-19(26)14-6-5-9-23(11-14)12-18(25)21-10-17(24)22-16-8-4-7-15(20)13(16)2/h4,7-8,14H,3,5-6,9-12H2,1-2H3,(H,21,25)(H,22,24). The van der Waals surface area contributed by atoms with E-state index in [1.54, 1.807) is 25.1 Å². The van der Waals surface area contributed by atoms with Crippen molar-refractivity contribution in [1.29, 1.82) is 0 Å². The summed E-state index contributed by atoms with van der Waals surface area (Å²) >= 11 is 6.03. The number of carbonyl (C=O) groups is 3. The molecular weight excluding hydrogens is 370 g/mol. The first kappa shape index (κ1) is 21.2. The maximum atomic E-state index is 12.1. The van der Waals surface area contributed by atoms with Gasteiger partial charge in [0.2, 0.25) is 11.8 Å². The number of hydrogen-bond donors (Lipinski definition) is 2. The van der Waals surface area contributed by atoms with Gasteiger partial charge in [-0.1, -0.05) is 17.7 Å². The van der Waals surface area contributed by atoms with Crippen LogP contribution in [0.1, 0.15) is 25.3 Å². The normalized spacial score (nSPS) is 17.2. The number of nitrogens with one attached hydrogen (secondary N) is 2. The van der Waals surface area contributed by atoms with Crippen molar-refractivity contribution >= 4 is 35.1 Å². The summed E-state index contributed by atoms with van der Waals surface area (Å²) in [6.07, 6.45) is 1.61. The van der Waals surface area contributed by atoms with E-state index in [1.165, 1.54) is 0 Å². The number of nitrogens with zero attached hydrogens (tertiary/aromatic N) is 1. The fourth-order valence-electron chi connectivity index (χ4n) is 3.03. The molecule has 1 heterocycles. The lowest BCUT2D eigenvalue weighted by atomic mass is 9.98. The molecule has 27 heavy (non-hydrogen) atoms. The number of likely N-dealkylation sites (tertiary alicyclic amines) is 1. The third kappa shape index (κ3) is 6.52. The summed E-state index contributed by atoms with van der Waals surface area (Å²) < 4.78 is 5.06. The molecule has 1 aromatic carbocycles. The predicted molar refractivity (Wildman–Crippen MR) is 104 cm³/mol. The van der Waals surface area contributed by atoms with Crippen LogP contribution in [-0.2, 0) is 19.1 Å². The summed E-state index contributed by atoms with van der Waals surface area (Å²) in [4.78, 5) is 37.9. The lowest BCUT2D eigenvalue weighted by molar-refractivity contribution is -0.150. The Bertz CT molecular complexity index is 696. The number of anilines is 1. The van der Waals surface area contributed by atoms with Crippen LogP contribution in [0.3, 0.4) is 0 Å². The quantitative estimate of drug-likeness (QED) is 0.689. The lowest BCUT2D eigenvalue weighted by Gasteiger charge is -2.30. The molecule has 1 aliphatic rings. The van der Waals surface area contributed by atoms with Crippen LogP contribution >= 0.6 is 11.6 Å². The molecule has 0 aliphatic carbocycles. The van der Waals surface area contributed by atoms with Crippen molar-refractivity contribution in [1.82, 2.24) is 10.2 Å². The Kier molecular flexibility index (Phi) is 8.06. The first-order chi connectivity index (χ1) is 12.9. The number of halogens is 1. The molecule has 1 atom stereocenters. The highest BCUT2D eigenvalue weighted by Gasteiger charge is 2.27. The molecule has 1 fully saturated rings. The van der Waals surface area contributed by atoms with Crippen LogP contribution in [0.25, 0.3) is 0 Å². The van der Waals surface area contributed by atoms with E-state index in [0.717, 1.165) is 24.9 Å². The van der Waals surface area contributed by atoms with Gasteiger partial charge in [0.15, 0.2) is 0 Å². The monoisotopic (exact) mass is 395 g/mol. The van der Waals surface area contributed by atoms with Crippen LogP contribution in [0.4, 0.5) is 5.69 Å². The van der Waals surface area contributed by atoms with Gasteiger partial charge in [0.1, 0.15) is 0 Å². The highest BCUT2D eigenvalue weighted by Crippen LogP contribution is 2.22. The van der Waals surface area contributed by atoms with Crippen LogP contribution in [-0.4, -0.2) is 55.5 Å². The van der Waals surface area contributed by atoms with Gasteiger partial charge in [0, 0.05) is 17.3 Å². The van der Waals surface area contributed by atoms with E-state index >= 15 is 0 Å². The molecule has 0 spiro atoms. The van der Waals surface area contributed by atoms with Gasteiger partial charge in [0.05, 0.1) is 25.6 Å². The number of hydrogen-bond acceptors (Lipinski definition) is 5. The summed E-state index contributed by atoms with van der Waals surface area (Å²) in [5.41, 5.74) is 1.40. The molecule has 0 radical (unpaired) electrons. The second-order valence-corrected chi connectivity index (χ2v) is 6.97. The van der Waals surface area contributed by atoms with Crippen molar-refractivity contribution in [2.75, 3.05) is 38.1 Å². The van der Waals surface area contributed by atoms with E-state index < -0.39 is 0 Å². The Balaban J connectivity index is 1.76. The van der Waals surface area contributed by atoms with Gasteiger partial charge in [-0.25, -0.2) is 0 Å². The molecule has 2 rings (SSSR count). The van der Waals surface area contributed by atoms with E-state index in [9.17, 15) is 14.4 Å². The first-order valence-electron chi connectivity index (χ1n) is 9.11. The fourth-order valence-corrected chi connectivity index (χ4v) is 3.20. The van der Waals surface area contributed by atoms with Gasteiger partial charge in [-0.15, -0.1) is 0 Å². The average Bonchev–Trinajstić information content (AvgIpc) is 2.64. The molecule has 148 valence electrons. The third-order valence-electron chi connectivity index (χ3n) is 4.48. The average molecular weight is 396 g/mol. The zero-order valence-corrected chi connectivity index (χ0v) is 16.5. The minimum atomic E-state index is -0.322. The molecule has 2 N–H and O–H groups in total. The molecule has 0 bridgehead atoms. The number of rotatable bonds is 7. The zero-order chi connectivity index (χ0) is 19.8. The second-order valence-electron chi connectivity index (χ2n) is 6.56. The molecule has 1 aliphatic heterocycles. The number of piperidine rings is 1. The fraction of sp³-hybridized carbons (Fsp3) is 0.526.